The molecule has 0 spiro atoms. The molecule has 196 valence electrons. The highest BCUT2D eigenvalue weighted by Gasteiger charge is 2.31. The molecule has 0 radical (unpaired) electrons. The predicted octanol–water partition coefficient (Wildman–Crippen LogP) is 6.38. The van der Waals surface area contributed by atoms with Crippen molar-refractivity contribution < 1.29 is 14.3 Å². The Hall–Kier alpha value is -3.32. The average Bonchev–Trinajstić information content (AvgIpc) is 3.39. The van der Waals surface area contributed by atoms with Gasteiger partial charge in [0, 0.05) is 44.0 Å². The molecule has 1 aromatic heterocycles. The fraction of sp³-hybridized carbons (Fsp3) is 0.467. The Bertz CT molecular complexity index is 1150. The van der Waals surface area contributed by atoms with Crippen LogP contribution in [0.5, 0.6) is 11.5 Å². The number of amides is 1. The van der Waals surface area contributed by atoms with Gasteiger partial charge in [0.25, 0.3) is 0 Å². The van der Waals surface area contributed by atoms with E-state index in [4.69, 9.17) is 14.6 Å². The number of aromatic nitrogens is 2. The predicted molar refractivity (Wildman–Crippen MR) is 145 cm³/mol. The van der Waals surface area contributed by atoms with E-state index in [-0.39, 0.29) is 6.09 Å². The van der Waals surface area contributed by atoms with Crippen molar-refractivity contribution in [2.75, 3.05) is 26.2 Å². The van der Waals surface area contributed by atoms with Crippen LogP contribution in [0.2, 0.25) is 0 Å². The van der Waals surface area contributed by atoms with Gasteiger partial charge >= 0.3 is 6.09 Å². The summed E-state index contributed by atoms with van der Waals surface area (Å²) in [6.07, 6.45) is 6.15. The summed E-state index contributed by atoms with van der Waals surface area (Å²) in [6.45, 7) is 9.45. The molecule has 37 heavy (non-hydrogen) atoms. The number of ether oxygens (including phenoxy) is 2. The summed E-state index contributed by atoms with van der Waals surface area (Å²) >= 11 is 0. The number of hydrogen-bond donors (Lipinski definition) is 0. The van der Waals surface area contributed by atoms with Gasteiger partial charge in [0.15, 0.2) is 0 Å². The quantitative estimate of drug-likeness (QED) is 0.405. The molecule has 0 N–H and O–H groups in total. The smallest absolute Gasteiger partial charge is 0.410 e. The Morgan fingerprint density at radius 2 is 1.43 bits per heavy atom. The lowest BCUT2D eigenvalue weighted by Crippen LogP contribution is -2.49. The van der Waals surface area contributed by atoms with Crippen LogP contribution in [0, 0.1) is 0 Å². The molecular weight excluding hydrogens is 464 g/mol. The van der Waals surface area contributed by atoms with Gasteiger partial charge < -0.3 is 19.3 Å². The molecule has 5 rings (SSSR count). The summed E-state index contributed by atoms with van der Waals surface area (Å²) in [5.74, 6) is 1.65. The minimum Gasteiger partial charge on any atom is -0.457 e. The number of para-hydroxylation sites is 1. The summed E-state index contributed by atoms with van der Waals surface area (Å²) in [5, 5.41) is 4.91. The third-order valence-electron chi connectivity index (χ3n) is 7.24. The second kappa shape index (κ2) is 11.0. The minimum atomic E-state index is -0.442. The molecule has 0 aliphatic carbocycles. The van der Waals surface area contributed by atoms with Crippen LogP contribution in [-0.2, 0) is 4.74 Å². The van der Waals surface area contributed by atoms with Gasteiger partial charge in [0.05, 0.1) is 11.7 Å². The molecule has 3 aromatic rings. The molecule has 0 unspecified atom stereocenters. The topological polar surface area (TPSA) is 59.8 Å². The van der Waals surface area contributed by atoms with Crippen molar-refractivity contribution in [3.05, 3.63) is 66.9 Å². The van der Waals surface area contributed by atoms with Gasteiger partial charge in [0.1, 0.15) is 17.1 Å². The Kier molecular flexibility index (Phi) is 7.51. The van der Waals surface area contributed by atoms with Crippen LogP contribution >= 0.6 is 0 Å². The van der Waals surface area contributed by atoms with Gasteiger partial charge in [-0.2, -0.15) is 5.10 Å². The number of piperidine rings is 2. The lowest BCUT2D eigenvalue weighted by Gasteiger charge is -2.41. The van der Waals surface area contributed by atoms with Crippen molar-refractivity contribution in [2.45, 2.75) is 64.1 Å². The van der Waals surface area contributed by atoms with E-state index in [1.807, 2.05) is 68.1 Å². The number of nitrogens with zero attached hydrogens (tertiary/aromatic N) is 4. The molecule has 2 aliphatic rings. The zero-order valence-corrected chi connectivity index (χ0v) is 22.2. The van der Waals surface area contributed by atoms with Crippen LogP contribution in [0.15, 0.2) is 66.9 Å². The Balaban J connectivity index is 1.10. The van der Waals surface area contributed by atoms with E-state index in [1.54, 1.807) is 0 Å². The molecule has 0 atom stereocenters. The normalized spacial score (nSPS) is 18.1. The minimum absolute atomic E-state index is 0.183. The third kappa shape index (κ3) is 6.52. The summed E-state index contributed by atoms with van der Waals surface area (Å²) in [5.41, 5.74) is 1.64. The van der Waals surface area contributed by atoms with Crippen molar-refractivity contribution in [2.24, 2.45) is 0 Å². The number of benzene rings is 2. The van der Waals surface area contributed by atoms with E-state index in [0.29, 0.717) is 12.1 Å². The van der Waals surface area contributed by atoms with Gasteiger partial charge in [-0.3, -0.25) is 4.68 Å². The summed E-state index contributed by atoms with van der Waals surface area (Å²) in [7, 11) is 0. The SMILES string of the molecule is CC(C)(C)OC(=O)N1CCC(N2CCC(n3ccc(-c4ccc(Oc5ccccc5)cc4)n3)CC2)CC1. The third-order valence-corrected chi connectivity index (χ3v) is 7.24. The zero-order chi connectivity index (χ0) is 25.8. The van der Waals surface area contributed by atoms with Crippen molar-refractivity contribution in [1.29, 1.82) is 0 Å². The first-order valence-corrected chi connectivity index (χ1v) is 13.4. The summed E-state index contributed by atoms with van der Waals surface area (Å²) in [4.78, 5) is 16.8. The zero-order valence-electron chi connectivity index (χ0n) is 22.2. The largest absolute Gasteiger partial charge is 0.457 e. The molecule has 2 fully saturated rings. The van der Waals surface area contributed by atoms with E-state index in [0.717, 1.165) is 74.6 Å². The van der Waals surface area contributed by atoms with Gasteiger partial charge in [-0.25, -0.2) is 4.79 Å². The van der Waals surface area contributed by atoms with Crippen LogP contribution in [0.1, 0.15) is 52.5 Å². The maximum atomic E-state index is 12.4. The van der Waals surface area contributed by atoms with Crippen molar-refractivity contribution in [3.63, 3.8) is 0 Å². The van der Waals surface area contributed by atoms with Crippen LogP contribution in [0.4, 0.5) is 4.79 Å². The standard InChI is InChI=1S/C30H38N4O3/c1-30(2,3)37-29(35)33-20-13-24(14-21-33)32-18-15-25(16-19-32)34-22-17-28(31-34)23-9-11-27(12-10-23)36-26-7-5-4-6-8-26/h4-12,17,22,24-25H,13-16,18-21H2,1-3H3. The van der Waals surface area contributed by atoms with E-state index >= 15 is 0 Å². The number of hydrogen-bond acceptors (Lipinski definition) is 5. The van der Waals surface area contributed by atoms with Crippen LogP contribution in [0.3, 0.4) is 0 Å². The molecule has 7 heteroatoms. The van der Waals surface area contributed by atoms with E-state index < -0.39 is 5.60 Å². The molecular formula is C30H38N4O3. The second-order valence-electron chi connectivity index (χ2n) is 11.1. The molecule has 7 nitrogen and oxygen atoms in total. The Labute approximate surface area is 220 Å². The number of carbonyl (C=O) groups excluding carboxylic acids is 1. The lowest BCUT2D eigenvalue weighted by molar-refractivity contribution is 0.0119. The Morgan fingerprint density at radius 3 is 2.08 bits per heavy atom. The maximum Gasteiger partial charge on any atom is 0.410 e. The molecule has 0 saturated carbocycles. The van der Waals surface area contributed by atoms with Crippen molar-refractivity contribution in [1.82, 2.24) is 19.6 Å². The second-order valence-corrected chi connectivity index (χ2v) is 11.1. The highest BCUT2D eigenvalue weighted by Crippen LogP contribution is 2.29. The first-order valence-electron chi connectivity index (χ1n) is 13.4. The average molecular weight is 503 g/mol. The van der Waals surface area contributed by atoms with E-state index in [9.17, 15) is 4.79 Å². The van der Waals surface area contributed by atoms with E-state index in [2.05, 4.69) is 34.0 Å². The number of carbonyl (C=O) groups is 1. The molecule has 2 saturated heterocycles. The fourth-order valence-corrected chi connectivity index (χ4v) is 5.27. The molecule has 3 heterocycles. The first-order chi connectivity index (χ1) is 17.8. The van der Waals surface area contributed by atoms with Crippen LogP contribution in [-0.4, -0.2) is 63.5 Å². The fourth-order valence-electron chi connectivity index (χ4n) is 5.27. The van der Waals surface area contributed by atoms with Gasteiger partial charge in [-0.05, 0) is 88.9 Å². The molecule has 1 amide bonds. The molecule has 0 bridgehead atoms. The van der Waals surface area contributed by atoms with Gasteiger partial charge in [0.2, 0.25) is 0 Å². The molecule has 2 aliphatic heterocycles. The summed E-state index contributed by atoms with van der Waals surface area (Å²) < 4.78 is 13.6. The van der Waals surface area contributed by atoms with Gasteiger partial charge in [-0.1, -0.05) is 18.2 Å². The van der Waals surface area contributed by atoms with Crippen LogP contribution < -0.4 is 4.74 Å². The number of likely N-dealkylation sites (tertiary alicyclic amines) is 2. The highest BCUT2D eigenvalue weighted by atomic mass is 16.6. The monoisotopic (exact) mass is 502 g/mol. The highest BCUT2D eigenvalue weighted by molar-refractivity contribution is 5.68. The van der Waals surface area contributed by atoms with E-state index in [1.165, 1.54) is 0 Å². The van der Waals surface area contributed by atoms with Crippen molar-refractivity contribution in [3.8, 4) is 22.8 Å². The van der Waals surface area contributed by atoms with Crippen LogP contribution in [0.25, 0.3) is 11.3 Å². The first kappa shape index (κ1) is 25.3. The summed E-state index contributed by atoms with van der Waals surface area (Å²) in [6, 6.07) is 21.0. The van der Waals surface area contributed by atoms with Crippen molar-refractivity contribution >= 4 is 6.09 Å². The lowest BCUT2D eigenvalue weighted by atomic mass is 9.98. The van der Waals surface area contributed by atoms with Gasteiger partial charge in [-0.15, -0.1) is 0 Å². The maximum absolute atomic E-state index is 12.4. The Morgan fingerprint density at radius 1 is 0.811 bits per heavy atom. The molecule has 2 aromatic carbocycles. The number of rotatable bonds is 5.